The molecule has 1 aliphatic rings. The number of aromatic amines is 1. The number of nitrogen functional groups attached to an aromatic ring is 1. The van der Waals surface area contributed by atoms with Crippen molar-refractivity contribution in [3.05, 3.63) is 54.1 Å². The second-order valence-corrected chi connectivity index (χ2v) is 6.25. The van der Waals surface area contributed by atoms with Crippen LogP contribution in [0.5, 0.6) is 0 Å². The van der Waals surface area contributed by atoms with Crippen molar-refractivity contribution in [3.63, 3.8) is 0 Å². The fourth-order valence-corrected chi connectivity index (χ4v) is 3.41. The Morgan fingerprint density at radius 2 is 2.04 bits per heavy atom. The Hall–Kier alpha value is -2.89. The predicted octanol–water partition coefficient (Wildman–Crippen LogP) is 2.56. The molecule has 0 spiro atoms. The molecule has 1 fully saturated rings. The molecular weight excluding hydrogens is 302 g/mol. The second-order valence-electron chi connectivity index (χ2n) is 6.25. The Morgan fingerprint density at radius 3 is 2.79 bits per heavy atom. The van der Waals surface area contributed by atoms with Crippen LogP contribution in [-0.4, -0.2) is 39.1 Å². The minimum Gasteiger partial charge on any atom is -0.398 e. The number of carbonyl (C=O) groups excluding carboxylic acids is 1. The van der Waals surface area contributed by atoms with E-state index in [0.717, 1.165) is 36.0 Å². The lowest BCUT2D eigenvalue weighted by Gasteiger charge is -2.32. The van der Waals surface area contributed by atoms with Gasteiger partial charge in [-0.25, -0.2) is 4.98 Å². The maximum atomic E-state index is 13.0. The zero-order chi connectivity index (χ0) is 16.5. The highest BCUT2D eigenvalue weighted by Gasteiger charge is 2.28. The third-order valence-electron chi connectivity index (χ3n) is 4.68. The molecule has 0 radical (unpaired) electrons. The van der Waals surface area contributed by atoms with Gasteiger partial charge in [0.15, 0.2) is 0 Å². The number of hydrogen-bond donors (Lipinski definition) is 2. The number of benzene rings is 2. The highest BCUT2D eigenvalue weighted by Crippen LogP contribution is 2.28. The first-order valence-corrected chi connectivity index (χ1v) is 8.15. The van der Waals surface area contributed by atoms with E-state index in [-0.39, 0.29) is 11.8 Å². The van der Waals surface area contributed by atoms with Crippen molar-refractivity contribution >= 4 is 22.4 Å². The fraction of sp³-hybridized carbons (Fsp3) is 0.278. The summed E-state index contributed by atoms with van der Waals surface area (Å²) in [5.41, 5.74) is 7.25. The molecule has 0 aliphatic carbocycles. The van der Waals surface area contributed by atoms with Crippen LogP contribution in [0.3, 0.4) is 0 Å². The first kappa shape index (κ1) is 14.7. The number of nitrogens with two attached hydrogens (primary N) is 1. The maximum Gasteiger partial charge on any atom is 0.255 e. The molecule has 1 aliphatic heterocycles. The summed E-state index contributed by atoms with van der Waals surface area (Å²) in [4.78, 5) is 19.1. The summed E-state index contributed by atoms with van der Waals surface area (Å²) in [5, 5.41) is 8.90. The minimum absolute atomic E-state index is 0.0116. The largest absolute Gasteiger partial charge is 0.398 e. The van der Waals surface area contributed by atoms with Crippen LogP contribution < -0.4 is 5.73 Å². The normalized spacial score (nSPS) is 18.0. The van der Waals surface area contributed by atoms with E-state index in [9.17, 15) is 4.79 Å². The zero-order valence-electron chi connectivity index (χ0n) is 13.3. The molecule has 3 N–H and O–H groups in total. The number of amides is 1. The van der Waals surface area contributed by atoms with E-state index in [4.69, 9.17) is 5.73 Å². The van der Waals surface area contributed by atoms with Crippen LogP contribution in [0.15, 0.2) is 42.7 Å². The van der Waals surface area contributed by atoms with E-state index in [0.29, 0.717) is 17.8 Å². The molecule has 3 aromatic rings. The first-order valence-electron chi connectivity index (χ1n) is 8.15. The van der Waals surface area contributed by atoms with Gasteiger partial charge in [0.05, 0.1) is 5.56 Å². The molecule has 0 bridgehead atoms. The SMILES string of the molecule is Nc1cc2ccccc2cc1C(=O)N1CCCC(c2ncn[nH]2)C1. The summed E-state index contributed by atoms with van der Waals surface area (Å²) < 4.78 is 0. The number of H-pyrrole nitrogens is 1. The Kier molecular flexibility index (Phi) is 3.65. The molecule has 24 heavy (non-hydrogen) atoms. The van der Waals surface area contributed by atoms with Crippen LogP contribution in [0, 0.1) is 0 Å². The van der Waals surface area contributed by atoms with Gasteiger partial charge in [-0.3, -0.25) is 9.89 Å². The average Bonchev–Trinajstić information content (AvgIpc) is 3.15. The van der Waals surface area contributed by atoms with Gasteiger partial charge in [-0.2, -0.15) is 5.10 Å². The fourth-order valence-electron chi connectivity index (χ4n) is 3.41. The van der Waals surface area contributed by atoms with E-state index >= 15 is 0 Å². The van der Waals surface area contributed by atoms with Gasteiger partial charge in [0, 0.05) is 24.7 Å². The van der Waals surface area contributed by atoms with Gasteiger partial charge in [-0.05, 0) is 35.7 Å². The van der Waals surface area contributed by atoms with Crippen molar-refractivity contribution in [2.45, 2.75) is 18.8 Å². The van der Waals surface area contributed by atoms with Crippen molar-refractivity contribution in [1.29, 1.82) is 0 Å². The second kappa shape index (κ2) is 5.96. The minimum atomic E-state index is -0.0116. The van der Waals surface area contributed by atoms with Crippen LogP contribution in [0.4, 0.5) is 5.69 Å². The van der Waals surface area contributed by atoms with E-state index in [1.165, 1.54) is 6.33 Å². The standard InChI is InChI=1S/C18H19N5O/c19-16-9-13-5-2-1-4-12(13)8-15(16)18(24)23-7-3-6-14(10-23)17-20-11-21-22-17/h1-2,4-5,8-9,11,14H,3,6-7,10,19H2,(H,20,21,22). The zero-order valence-corrected chi connectivity index (χ0v) is 13.3. The van der Waals surface area contributed by atoms with E-state index in [1.54, 1.807) is 0 Å². The molecule has 2 heterocycles. The third kappa shape index (κ3) is 2.60. The number of nitrogens with one attached hydrogen (secondary N) is 1. The van der Waals surface area contributed by atoms with Crippen molar-refractivity contribution in [2.24, 2.45) is 0 Å². The summed E-state index contributed by atoms with van der Waals surface area (Å²) >= 11 is 0. The molecular formula is C18H19N5O. The molecule has 2 aromatic carbocycles. The summed E-state index contributed by atoms with van der Waals surface area (Å²) in [6.07, 6.45) is 3.47. The number of rotatable bonds is 2. The topological polar surface area (TPSA) is 87.9 Å². The van der Waals surface area contributed by atoms with E-state index in [2.05, 4.69) is 15.2 Å². The lowest BCUT2D eigenvalue weighted by Crippen LogP contribution is -2.39. The molecule has 1 aromatic heterocycles. The summed E-state index contributed by atoms with van der Waals surface area (Å²) in [6, 6.07) is 11.7. The lowest BCUT2D eigenvalue weighted by atomic mass is 9.96. The highest BCUT2D eigenvalue weighted by molar-refractivity contribution is 6.04. The highest BCUT2D eigenvalue weighted by atomic mass is 16.2. The van der Waals surface area contributed by atoms with Crippen LogP contribution >= 0.6 is 0 Å². The Bertz CT molecular complexity index is 874. The van der Waals surface area contributed by atoms with E-state index in [1.807, 2.05) is 41.3 Å². The number of likely N-dealkylation sites (tertiary alicyclic amines) is 1. The summed E-state index contributed by atoms with van der Waals surface area (Å²) in [6.45, 7) is 1.38. The summed E-state index contributed by atoms with van der Waals surface area (Å²) in [7, 11) is 0. The number of aromatic nitrogens is 3. The first-order chi connectivity index (χ1) is 11.7. The summed E-state index contributed by atoms with van der Waals surface area (Å²) in [5.74, 6) is 1.04. The molecule has 1 saturated heterocycles. The molecule has 122 valence electrons. The van der Waals surface area contributed by atoms with Crippen LogP contribution in [0.25, 0.3) is 10.8 Å². The molecule has 4 rings (SSSR count). The van der Waals surface area contributed by atoms with Crippen molar-refractivity contribution in [1.82, 2.24) is 20.1 Å². The lowest BCUT2D eigenvalue weighted by molar-refractivity contribution is 0.0706. The van der Waals surface area contributed by atoms with Gasteiger partial charge < -0.3 is 10.6 Å². The molecule has 0 saturated carbocycles. The number of nitrogens with zero attached hydrogens (tertiary/aromatic N) is 3. The Labute approximate surface area is 139 Å². The smallest absolute Gasteiger partial charge is 0.255 e. The number of fused-ring (bicyclic) bond motifs is 1. The molecule has 1 atom stereocenters. The van der Waals surface area contributed by atoms with Gasteiger partial charge in [-0.15, -0.1) is 0 Å². The van der Waals surface area contributed by atoms with Gasteiger partial charge in [0.25, 0.3) is 5.91 Å². The van der Waals surface area contributed by atoms with Gasteiger partial charge in [0.1, 0.15) is 12.2 Å². The van der Waals surface area contributed by atoms with Crippen molar-refractivity contribution in [2.75, 3.05) is 18.8 Å². The molecule has 1 amide bonds. The van der Waals surface area contributed by atoms with E-state index < -0.39 is 0 Å². The number of piperidine rings is 1. The predicted molar refractivity (Wildman–Crippen MR) is 92.6 cm³/mol. The van der Waals surface area contributed by atoms with Crippen LogP contribution in [0.1, 0.15) is 34.9 Å². The number of carbonyl (C=O) groups is 1. The Morgan fingerprint density at radius 1 is 1.25 bits per heavy atom. The third-order valence-corrected chi connectivity index (χ3v) is 4.68. The van der Waals surface area contributed by atoms with Gasteiger partial charge in [-0.1, -0.05) is 24.3 Å². The quantitative estimate of drug-likeness (QED) is 0.710. The van der Waals surface area contributed by atoms with Crippen molar-refractivity contribution in [3.8, 4) is 0 Å². The molecule has 1 unspecified atom stereocenters. The van der Waals surface area contributed by atoms with Gasteiger partial charge in [0.2, 0.25) is 0 Å². The van der Waals surface area contributed by atoms with Crippen LogP contribution in [-0.2, 0) is 0 Å². The van der Waals surface area contributed by atoms with Gasteiger partial charge >= 0.3 is 0 Å². The van der Waals surface area contributed by atoms with Crippen LogP contribution in [0.2, 0.25) is 0 Å². The number of anilines is 1. The molecule has 6 nitrogen and oxygen atoms in total. The monoisotopic (exact) mass is 321 g/mol. The average molecular weight is 321 g/mol. The maximum absolute atomic E-state index is 13.0. The number of hydrogen-bond acceptors (Lipinski definition) is 4. The Balaban J connectivity index is 1.62. The van der Waals surface area contributed by atoms with Crippen molar-refractivity contribution < 1.29 is 4.79 Å². The molecule has 6 heteroatoms.